The highest BCUT2D eigenvalue weighted by Crippen LogP contribution is 2.41. The lowest BCUT2D eigenvalue weighted by Gasteiger charge is -2.13. The number of hydrogen-bond donors (Lipinski definition) is 2. The van der Waals surface area contributed by atoms with Crippen LogP contribution in [0, 0.1) is 6.92 Å². The fourth-order valence-corrected chi connectivity index (χ4v) is 4.56. The Morgan fingerprint density at radius 1 is 0.886 bits per heavy atom. The summed E-state index contributed by atoms with van der Waals surface area (Å²) in [5, 5.41) is 12.4. The molecule has 2 aromatic heterocycles. The van der Waals surface area contributed by atoms with E-state index in [4.69, 9.17) is 24.9 Å². The zero-order chi connectivity index (χ0) is 24.7. The van der Waals surface area contributed by atoms with Crippen molar-refractivity contribution in [2.75, 3.05) is 27.1 Å². The van der Waals surface area contributed by atoms with Crippen LogP contribution in [0.1, 0.15) is 11.1 Å². The van der Waals surface area contributed by atoms with E-state index in [-0.39, 0.29) is 5.88 Å². The Morgan fingerprint density at radius 3 is 2.37 bits per heavy atom. The molecule has 7 heteroatoms. The van der Waals surface area contributed by atoms with Gasteiger partial charge in [0.2, 0.25) is 5.88 Å². The first-order chi connectivity index (χ1) is 16.9. The number of hydrogen-bond acceptors (Lipinski definition) is 6. The topological polar surface area (TPSA) is 91.8 Å². The monoisotopic (exact) mass is 469 g/mol. The molecular formula is C28H27N3O4. The van der Waals surface area contributed by atoms with Gasteiger partial charge in [-0.2, -0.15) is 0 Å². The fourth-order valence-electron chi connectivity index (χ4n) is 4.56. The van der Waals surface area contributed by atoms with Crippen molar-refractivity contribution in [1.29, 1.82) is 0 Å². The van der Waals surface area contributed by atoms with Crippen LogP contribution in [0.25, 0.3) is 32.9 Å². The Balaban J connectivity index is 1.67. The molecule has 0 spiro atoms. The molecule has 0 aliphatic heterocycles. The zero-order valence-electron chi connectivity index (χ0n) is 20.1. The van der Waals surface area contributed by atoms with Gasteiger partial charge in [0.25, 0.3) is 0 Å². The number of aromatic nitrogens is 2. The Kier molecular flexibility index (Phi) is 5.61. The number of nitrogens with zero attached hydrogens (tertiary/aromatic N) is 2. The van der Waals surface area contributed by atoms with Crippen LogP contribution in [0.4, 0.5) is 5.69 Å². The molecule has 0 radical (unpaired) electrons. The molecule has 0 fully saturated rings. The van der Waals surface area contributed by atoms with E-state index < -0.39 is 0 Å². The second-order valence-electron chi connectivity index (χ2n) is 8.46. The number of pyridine rings is 1. The number of fused-ring (bicyclic) bond motifs is 2. The van der Waals surface area contributed by atoms with Gasteiger partial charge in [0, 0.05) is 22.7 Å². The molecule has 0 aliphatic carbocycles. The van der Waals surface area contributed by atoms with Gasteiger partial charge in [-0.05, 0) is 36.8 Å². The van der Waals surface area contributed by atoms with E-state index in [9.17, 15) is 5.11 Å². The first-order valence-corrected chi connectivity index (χ1v) is 11.2. The molecule has 0 aliphatic rings. The lowest BCUT2D eigenvalue weighted by Crippen LogP contribution is -1.99. The summed E-state index contributed by atoms with van der Waals surface area (Å²) in [6.45, 7) is 2.46. The maximum absolute atomic E-state index is 11.1. The van der Waals surface area contributed by atoms with Gasteiger partial charge in [-0.15, -0.1) is 0 Å². The molecule has 0 bridgehead atoms. The molecular weight excluding hydrogens is 442 g/mol. The molecule has 3 N–H and O–H groups in total. The van der Waals surface area contributed by atoms with Crippen LogP contribution in [0.5, 0.6) is 23.1 Å². The van der Waals surface area contributed by atoms with Crippen molar-refractivity contribution in [3.8, 4) is 34.3 Å². The van der Waals surface area contributed by atoms with Crippen LogP contribution < -0.4 is 19.9 Å². The number of ether oxygens (including phenoxy) is 3. The summed E-state index contributed by atoms with van der Waals surface area (Å²) < 4.78 is 18.1. The van der Waals surface area contributed by atoms with Crippen molar-refractivity contribution in [3.63, 3.8) is 0 Å². The third-order valence-corrected chi connectivity index (χ3v) is 6.30. The van der Waals surface area contributed by atoms with Gasteiger partial charge in [-0.3, -0.25) is 0 Å². The van der Waals surface area contributed by atoms with Crippen LogP contribution in [-0.2, 0) is 6.54 Å². The SMILES string of the molecule is COc1ccc(Cn2cc3nc4c(-c5cc(C)ccc5OC)cccc4c(N)c3c2O)cc1OC. The van der Waals surface area contributed by atoms with Gasteiger partial charge in [0.1, 0.15) is 5.75 Å². The van der Waals surface area contributed by atoms with E-state index in [1.54, 1.807) is 25.9 Å². The molecule has 0 amide bonds. The summed E-state index contributed by atoms with van der Waals surface area (Å²) in [6.07, 6.45) is 1.82. The van der Waals surface area contributed by atoms with Crippen molar-refractivity contribution in [1.82, 2.24) is 9.55 Å². The highest BCUT2D eigenvalue weighted by atomic mass is 16.5. The van der Waals surface area contributed by atoms with E-state index in [1.807, 2.05) is 61.7 Å². The first kappa shape index (κ1) is 22.4. The van der Waals surface area contributed by atoms with E-state index in [0.717, 1.165) is 38.9 Å². The van der Waals surface area contributed by atoms with Crippen LogP contribution >= 0.6 is 0 Å². The second-order valence-corrected chi connectivity index (χ2v) is 8.46. The second kappa shape index (κ2) is 8.76. The summed E-state index contributed by atoms with van der Waals surface area (Å²) in [4.78, 5) is 4.94. The third-order valence-electron chi connectivity index (χ3n) is 6.30. The quantitative estimate of drug-likeness (QED) is 0.340. The maximum Gasteiger partial charge on any atom is 0.203 e. The summed E-state index contributed by atoms with van der Waals surface area (Å²) in [5.74, 6) is 2.10. The summed E-state index contributed by atoms with van der Waals surface area (Å²) >= 11 is 0. The van der Waals surface area contributed by atoms with E-state index >= 15 is 0 Å². The van der Waals surface area contributed by atoms with Gasteiger partial charge < -0.3 is 29.6 Å². The van der Waals surface area contributed by atoms with Gasteiger partial charge >= 0.3 is 0 Å². The predicted octanol–water partition coefficient (Wildman–Crippen LogP) is 5.53. The Bertz CT molecular complexity index is 1570. The average molecular weight is 470 g/mol. The number of nitrogen functional groups attached to an aromatic ring is 1. The lowest BCUT2D eigenvalue weighted by atomic mass is 9.98. The number of nitrogens with two attached hydrogens (primary N) is 1. The normalized spacial score (nSPS) is 11.2. The Morgan fingerprint density at radius 2 is 1.63 bits per heavy atom. The average Bonchev–Trinajstić information content (AvgIpc) is 3.18. The predicted molar refractivity (Wildman–Crippen MR) is 139 cm³/mol. The number of methoxy groups -OCH3 is 3. The molecule has 3 aromatic carbocycles. The molecule has 7 nitrogen and oxygen atoms in total. The van der Waals surface area contributed by atoms with Crippen molar-refractivity contribution >= 4 is 27.5 Å². The zero-order valence-corrected chi connectivity index (χ0v) is 20.1. The highest BCUT2D eigenvalue weighted by molar-refractivity contribution is 6.12. The van der Waals surface area contributed by atoms with E-state index in [0.29, 0.717) is 34.6 Å². The molecule has 35 heavy (non-hydrogen) atoms. The molecule has 2 heterocycles. The number of aromatic hydroxyl groups is 1. The smallest absolute Gasteiger partial charge is 0.203 e. The third kappa shape index (κ3) is 3.75. The van der Waals surface area contributed by atoms with Crippen LogP contribution in [-0.4, -0.2) is 36.0 Å². The number of aryl methyl sites for hydroxylation is 1. The van der Waals surface area contributed by atoms with Crippen LogP contribution in [0.3, 0.4) is 0 Å². The van der Waals surface area contributed by atoms with E-state index in [2.05, 4.69) is 6.07 Å². The summed E-state index contributed by atoms with van der Waals surface area (Å²) in [5.41, 5.74) is 12.4. The highest BCUT2D eigenvalue weighted by Gasteiger charge is 2.19. The van der Waals surface area contributed by atoms with Crippen molar-refractivity contribution in [2.24, 2.45) is 0 Å². The number of benzene rings is 3. The van der Waals surface area contributed by atoms with Gasteiger partial charge in [-0.1, -0.05) is 35.9 Å². The standard InChI is InChI=1S/C28H27N3O4/c1-16-8-10-22(33-2)20(12-16)18-6-5-7-19-26(29)25-21(30-27(18)19)15-31(28(25)32)14-17-9-11-23(34-3)24(13-17)35-4/h5-13,15,32H,14,29H2,1-4H3. The molecule has 5 rings (SSSR count). The molecule has 5 aromatic rings. The van der Waals surface area contributed by atoms with Crippen LogP contribution in [0.2, 0.25) is 0 Å². The van der Waals surface area contributed by atoms with Crippen molar-refractivity contribution in [3.05, 3.63) is 71.9 Å². The molecule has 0 saturated heterocycles. The van der Waals surface area contributed by atoms with Gasteiger partial charge in [-0.25, -0.2) is 4.98 Å². The summed E-state index contributed by atoms with van der Waals surface area (Å²) in [7, 11) is 4.85. The van der Waals surface area contributed by atoms with Crippen molar-refractivity contribution < 1.29 is 19.3 Å². The minimum Gasteiger partial charge on any atom is -0.496 e. The molecule has 0 unspecified atom stereocenters. The maximum atomic E-state index is 11.1. The minimum absolute atomic E-state index is 0.0697. The lowest BCUT2D eigenvalue weighted by molar-refractivity contribution is 0.354. The molecule has 0 saturated carbocycles. The molecule has 0 atom stereocenters. The number of rotatable bonds is 6. The van der Waals surface area contributed by atoms with Crippen LogP contribution in [0.15, 0.2) is 60.8 Å². The summed E-state index contributed by atoms with van der Waals surface area (Å²) in [6, 6.07) is 17.6. The number of anilines is 1. The number of para-hydroxylation sites is 1. The molecule has 178 valence electrons. The first-order valence-electron chi connectivity index (χ1n) is 11.2. The Labute approximate surface area is 203 Å². The minimum atomic E-state index is 0.0697. The van der Waals surface area contributed by atoms with Crippen molar-refractivity contribution in [2.45, 2.75) is 13.5 Å². The fraction of sp³-hybridized carbons (Fsp3) is 0.179. The van der Waals surface area contributed by atoms with Gasteiger partial charge in [0.15, 0.2) is 11.5 Å². The largest absolute Gasteiger partial charge is 0.496 e. The van der Waals surface area contributed by atoms with E-state index in [1.165, 1.54) is 0 Å². The van der Waals surface area contributed by atoms with Gasteiger partial charge in [0.05, 0.1) is 50.0 Å². The Hall–Kier alpha value is -4.39.